The number of pyridine rings is 2. The van der Waals surface area contributed by atoms with Gasteiger partial charge in [-0.1, -0.05) is 6.07 Å². The van der Waals surface area contributed by atoms with Crippen molar-refractivity contribution in [1.29, 1.82) is 0 Å². The lowest BCUT2D eigenvalue weighted by Gasteiger charge is -2.37. The van der Waals surface area contributed by atoms with Gasteiger partial charge in [-0.05, 0) is 30.3 Å². The number of hydrogen-bond donors (Lipinski definition) is 3. The van der Waals surface area contributed by atoms with Crippen LogP contribution in [0.4, 0.5) is 26.0 Å². The molecule has 0 aliphatic carbocycles. The SMILES string of the molecule is O=C1NCc2nc(-c3c(F)cccc3F)cc(Nc3ccc(N4CC(O)C4)cn3)c21. The summed E-state index contributed by atoms with van der Waals surface area (Å²) in [4.78, 5) is 22.9. The smallest absolute Gasteiger partial charge is 0.255 e. The Morgan fingerprint density at radius 1 is 1.13 bits per heavy atom. The van der Waals surface area contributed by atoms with Crippen LogP contribution >= 0.6 is 0 Å². The van der Waals surface area contributed by atoms with Gasteiger partial charge >= 0.3 is 0 Å². The first-order chi connectivity index (χ1) is 14.5. The number of hydrogen-bond acceptors (Lipinski definition) is 6. The molecule has 0 spiro atoms. The molecule has 2 aliphatic rings. The van der Waals surface area contributed by atoms with Crippen LogP contribution in [0.25, 0.3) is 11.3 Å². The van der Waals surface area contributed by atoms with Crippen molar-refractivity contribution in [2.75, 3.05) is 23.3 Å². The largest absolute Gasteiger partial charge is 0.389 e. The van der Waals surface area contributed by atoms with Crippen LogP contribution in [-0.2, 0) is 6.54 Å². The van der Waals surface area contributed by atoms with Crippen molar-refractivity contribution in [1.82, 2.24) is 15.3 Å². The maximum absolute atomic E-state index is 14.3. The molecule has 30 heavy (non-hydrogen) atoms. The molecule has 4 heterocycles. The van der Waals surface area contributed by atoms with Gasteiger partial charge in [0.15, 0.2) is 0 Å². The van der Waals surface area contributed by atoms with Gasteiger partial charge in [-0.3, -0.25) is 4.79 Å². The fourth-order valence-corrected chi connectivity index (χ4v) is 3.65. The summed E-state index contributed by atoms with van der Waals surface area (Å²) in [6, 6.07) is 8.65. The van der Waals surface area contributed by atoms with Crippen LogP contribution in [0.2, 0.25) is 0 Å². The van der Waals surface area contributed by atoms with Crippen molar-refractivity contribution in [2.24, 2.45) is 0 Å². The second-order valence-corrected chi connectivity index (χ2v) is 7.24. The van der Waals surface area contributed by atoms with E-state index in [1.54, 1.807) is 12.3 Å². The Morgan fingerprint density at radius 2 is 1.90 bits per heavy atom. The van der Waals surface area contributed by atoms with Gasteiger partial charge in [0, 0.05) is 13.1 Å². The lowest BCUT2D eigenvalue weighted by molar-refractivity contribution is 0.0966. The highest BCUT2D eigenvalue weighted by Crippen LogP contribution is 2.33. The van der Waals surface area contributed by atoms with Crippen LogP contribution in [0.15, 0.2) is 42.6 Å². The normalized spacial score (nSPS) is 15.6. The number of fused-ring (bicyclic) bond motifs is 1. The highest BCUT2D eigenvalue weighted by atomic mass is 19.1. The molecule has 0 radical (unpaired) electrons. The number of nitrogens with zero attached hydrogens (tertiary/aromatic N) is 3. The molecular weight excluding hydrogens is 392 g/mol. The van der Waals surface area contributed by atoms with E-state index in [0.29, 0.717) is 35.9 Å². The third-order valence-corrected chi connectivity index (χ3v) is 5.19. The molecule has 2 aliphatic heterocycles. The molecule has 1 saturated heterocycles. The first kappa shape index (κ1) is 18.4. The van der Waals surface area contributed by atoms with Gasteiger partial charge in [-0.2, -0.15) is 0 Å². The van der Waals surface area contributed by atoms with Gasteiger partial charge in [0.1, 0.15) is 17.5 Å². The molecule has 1 aromatic carbocycles. The summed E-state index contributed by atoms with van der Waals surface area (Å²) in [7, 11) is 0. The number of rotatable bonds is 4. The highest BCUT2D eigenvalue weighted by molar-refractivity contribution is 6.04. The van der Waals surface area contributed by atoms with Gasteiger partial charge in [0.25, 0.3) is 5.91 Å². The van der Waals surface area contributed by atoms with Crippen molar-refractivity contribution >= 4 is 23.1 Å². The molecule has 2 aromatic heterocycles. The molecule has 9 heteroatoms. The molecule has 7 nitrogen and oxygen atoms in total. The predicted octanol–water partition coefficient (Wildman–Crippen LogP) is 2.59. The van der Waals surface area contributed by atoms with E-state index in [2.05, 4.69) is 20.6 Å². The molecule has 3 N–H and O–H groups in total. The Morgan fingerprint density at radius 3 is 2.57 bits per heavy atom. The maximum Gasteiger partial charge on any atom is 0.255 e. The van der Waals surface area contributed by atoms with Crippen molar-refractivity contribution in [3.05, 3.63) is 65.5 Å². The summed E-state index contributed by atoms with van der Waals surface area (Å²) in [6.07, 6.45) is 1.34. The summed E-state index contributed by atoms with van der Waals surface area (Å²) >= 11 is 0. The molecular formula is C21H17F2N5O2. The molecule has 0 atom stereocenters. The Labute approximate surface area is 170 Å². The number of anilines is 3. The number of amides is 1. The molecule has 1 fully saturated rings. The Bertz CT molecular complexity index is 1130. The Kier molecular flexibility index (Phi) is 4.32. The summed E-state index contributed by atoms with van der Waals surface area (Å²) in [5.41, 5.74) is 1.82. The third-order valence-electron chi connectivity index (χ3n) is 5.19. The first-order valence-electron chi connectivity index (χ1n) is 9.42. The second-order valence-electron chi connectivity index (χ2n) is 7.24. The minimum atomic E-state index is -0.732. The average Bonchev–Trinajstić information content (AvgIpc) is 3.07. The van der Waals surface area contributed by atoms with E-state index in [1.807, 2.05) is 11.0 Å². The van der Waals surface area contributed by atoms with Crippen LogP contribution < -0.4 is 15.5 Å². The van der Waals surface area contributed by atoms with E-state index >= 15 is 0 Å². The van der Waals surface area contributed by atoms with Gasteiger partial charge in [-0.15, -0.1) is 0 Å². The summed E-state index contributed by atoms with van der Waals surface area (Å²) in [6.45, 7) is 1.30. The van der Waals surface area contributed by atoms with Crippen LogP contribution in [0.5, 0.6) is 0 Å². The lowest BCUT2D eigenvalue weighted by Crippen LogP contribution is -2.50. The zero-order valence-electron chi connectivity index (χ0n) is 15.7. The van der Waals surface area contributed by atoms with E-state index in [9.17, 15) is 18.7 Å². The standard InChI is InChI=1S/C21H17F2N5O2/c22-13-2-1-3-14(23)19(13)15-6-16(20-17(26-15)8-25-21(20)30)27-18-5-4-11(7-24-18)28-9-12(29)10-28/h1-7,12,29H,8-10H2,(H,25,30)(H,24,26,27). The third kappa shape index (κ3) is 3.13. The van der Waals surface area contributed by atoms with E-state index in [1.165, 1.54) is 12.1 Å². The van der Waals surface area contributed by atoms with Gasteiger partial charge in [0.05, 0.1) is 52.7 Å². The van der Waals surface area contributed by atoms with Crippen LogP contribution in [0.1, 0.15) is 16.1 Å². The van der Waals surface area contributed by atoms with Crippen LogP contribution in [-0.4, -0.2) is 40.2 Å². The Hall–Kier alpha value is -3.59. The molecule has 1 amide bonds. The van der Waals surface area contributed by atoms with Crippen molar-refractivity contribution in [2.45, 2.75) is 12.6 Å². The highest BCUT2D eigenvalue weighted by Gasteiger charge is 2.27. The van der Waals surface area contributed by atoms with E-state index in [0.717, 1.165) is 17.8 Å². The maximum atomic E-state index is 14.3. The predicted molar refractivity (Wildman–Crippen MR) is 106 cm³/mol. The van der Waals surface area contributed by atoms with Crippen molar-refractivity contribution in [3.63, 3.8) is 0 Å². The van der Waals surface area contributed by atoms with E-state index in [-0.39, 0.29) is 29.8 Å². The monoisotopic (exact) mass is 409 g/mol. The quantitative estimate of drug-likeness (QED) is 0.614. The number of β-amino-alcohol motifs (C(OH)–C–C–N with tert-alkyl or cyclic N) is 1. The van der Waals surface area contributed by atoms with Crippen molar-refractivity contribution < 1.29 is 18.7 Å². The number of carbonyl (C=O) groups is 1. The lowest BCUT2D eigenvalue weighted by atomic mass is 10.1. The van der Waals surface area contributed by atoms with Gasteiger partial charge in [0.2, 0.25) is 0 Å². The van der Waals surface area contributed by atoms with E-state index in [4.69, 9.17) is 0 Å². The molecule has 0 bridgehead atoms. The van der Waals surface area contributed by atoms with Crippen LogP contribution in [0.3, 0.4) is 0 Å². The fourth-order valence-electron chi connectivity index (χ4n) is 3.65. The minimum absolute atomic E-state index is 0.0922. The number of aliphatic hydroxyl groups is 1. The van der Waals surface area contributed by atoms with Gasteiger partial charge < -0.3 is 20.6 Å². The number of carbonyl (C=O) groups excluding carboxylic acids is 1. The Balaban J connectivity index is 1.51. The summed E-state index contributed by atoms with van der Waals surface area (Å²) in [5, 5.41) is 15.2. The number of halogens is 2. The number of benzene rings is 1. The number of aliphatic hydroxyl groups excluding tert-OH is 1. The molecule has 5 rings (SSSR count). The second kappa shape index (κ2) is 7.03. The summed E-state index contributed by atoms with van der Waals surface area (Å²) < 4.78 is 28.6. The topological polar surface area (TPSA) is 90.4 Å². The van der Waals surface area contributed by atoms with Crippen molar-refractivity contribution in [3.8, 4) is 11.3 Å². The summed E-state index contributed by atoms with van der Waals surface area (Å²) in [5.74, 6) is -1.31. The zero-order chi connectivity index (χ0) is 20.8. The molecule has 0 saturated carbocycles. The average molecular weight is 409 g/mol. The molecule has 0 unspecified atom stereocenters. The first-order valence-corrected chi connectivity index (χ1v) is 9.42. The number of nitrogens with one attached hydrogen (secondary N) is 2. The number of aromatic nitrogens is 2. The zero-order valence-corrected chi connectivity index (χ0v) is 15.7. The fraction of sp³-hybridized carbons (Fsp3) is 0.190. The molecule has 152 valence electrons. The minimum Gasteiger partial charge on any atom is -0.389 e. The van der Waals surface area contributed by atoms with Gasteiger partial charge in [-0.25, -0.2) is 18.7 Å². The molecule has 3 aromatic rings. The van der Waals surface area contributed by atoms with E-state index < -0.39 is 11.6 Å². The van der Waals surface area contributed by atoms with Crippen LogP contribution in [0, 0.1) is 11.6 Å².